The number of methoxy groups -OCH3 is 1. The van der Waals surface area contributed by atoms with Gasteiger partial charge in [-0.3, -0.25) is 0 Å². The summed E-state index contributed by atoms with van der Waals surface area (Å²) in [6.07, 6.45) is -0.684. The van der Waals surface area contributed by atoms with Gasteiger partial charge in [0.15, 0.2) is 0 Å². The minimum atomic E-state index is -0.684. The second-order valence-electron chi connectivity index (χ2n) is 4.09. The molecule has 0 aliphatic carbocycles. The maximum atomic E-state index is 11.7. The second-order valence-corrected chi connectivity index (χ2v) is 5.07. The van der Waals surface area contributed by atoms with Crippen LogP contribution >= 0.6 is 11.3 Å². The number of carbonyl (C=O) groups is 1. The highest BCUT2D eigenvalue weighted by Gasteiger charge is 2.10. The molecule has 1 aromatic heterocycles. The van der Waals surface area contributed by atoms with Crippen molar-refractivity contribution in [3.63, 3.8) is 0 Å². The minimum Gasteiger partial charge on any atom is -0.497 e. The first kappa shape index (κ1) is 14.4. The van der Waals surface area contributed by atoms with Gasteiger partial charge in [-0.05, 0) is 35.7 Å². The Morgan fingerprint density at radius 2 is 2.10 bits per heavy atom. The van der Waals surface area contributed by atoms with Crippen LogP contribution < -0.4 is 15.4 Å². The molecule has 0 saturated carbocycles. The number of aliphatic hydroxyl groups excluding tert-OH is 1. The van der Waals surface area contributed by atoms with Crippen molar-refractivity contribution < 1.29 is 14.6 Å². The number of thiophene rings is 1. The number of ether oxygens (including phenoxy) is 1. The number of hydrogen-bond donors (Lipinski definition) is 3. The van der Waals surface area contributed by atoms with E-state index in [0.717, 1.165) is 10.6 Å². The van der Waals surface area contributed by atoms with Crippen LogP contribution in [0, 0.1) is 0 Å². The smallest absolute Gasteiger partial charge is 0.319 e. The Bertz CT molecular complexity index is 540. The molecule has 1 unspecified atom stereocenters. The summed E-state index contributed by atoms with van der Waals surface area (Å²) in [5.41, 5.74) is 0.661. The highest BCUT2D eigenvalue weighted by atomic mass is 32.1. The Morgan fingerprint density at radius 1 is 1.35 bits per heavy atom. The van der Waals surface area contributed by atoms with Crippen molar-refractivity contribution in [2.24, 2.45) is 0 Å². The van der Waals surface area contributed by atoms with Gasteiger partial charge >= 0.3 is 6.03 Å². The van der Waals surface area contributed by atoms with Gasteiger partial charge in [0.05, 0.1) is 13.7 Å². The van der Waals surface area contributed by atoms with Gasteiger partial charge in [-0.15, -0.1) is 11.3 Å². The second kappa shape index (κ2) is 6.93. The molecule has 0 saturated heterocycles. The van der Waals surface area contributed by atoms with Gasteiger partial charge in [0.25, 0.3) is 0 Å². The predicted molar refractivity (Wildman–Crippen MR) is 79.3 cm³/mol. The summed E-state index contributed by atoms with van der Waals surface area (Å²) < 4.78 is 5.03. The summed E-state index contributed by atoms with van der Waals surface area (Å²) in [4.78, 5) is 12.5. The summed E-state index contributed by atoms with van der Waals surface area (Å²) in [5.74, 6) is 0.726. The van der Waals surface area contributed by atoms with Crippen molar-refractivity contribution in [1.29, 1.82) is 0 Å². The van der Waals surface area contributed by atoms with E-state index in [1.165, 1.54) is 11.3 Å². The van der Waals surface area contributed by atoms with Crippen LogP contribution in [0.5, 0.6) is 5.75 Å². The molecule has 1 heterocycles. The SMILES string of the molecule is COc1ccc(NC(=O)NCC(O)c2cccs2)cc1. The fourth-order valence-electron chi connectivity index (χ4n) is 1.62. The van der Waals surface area contributed by atoms with Gasteiger partial charge in [-0.25, -0.2) is 4.79 Å². The molecule has 0 fully saturated rings. The third-order valence-electron chi connectivity index (χ3n) is 2.68. The Morgan fingerprint density at radius 3 is 2.70 bits per heavy atom. The number of anilines is 1. The largest absolute Gasteiger partial charge is 0.497 e. The molecule has 20 heavy (non-hydrogen) atoms. The summed E-state index contributed by atoms with van der Waals surface area (Å²) in [5, 5.41) is 17.0. The van der Waals surface area contributed by atoms with Crippen molar-refractivity contribution >= 4 is 23.1 Å². The molecule has 0 aliphatic heterocycles. The number of aliphatic hydroxyl groups is 1. The third-order valence-corrected chi connectivity index (χ3v) is 3.65. The van der Waals surface area contributed by atoms with E-state index in [4.69, 9.17) is 4.74 Å². The van der Waals surface area contributed by atoms with Crippen LogP contribution in [0.2, 0.25) is 0 Å². The summed E-state index contributed by atoms with van der Waals surface area (Å²) in [6, 6.07) is 10.3. The van der Waals surface area contributed by atoms with Gasteiger partial charge in [-0.1, -0.05) is 6.07 Å². The molecule has 0 radical (unpaired) electrons. The molecule has 1 atom stereocenters. The van der Waals surface area contributed by atoms with Crippen molar-refractivity contribution in [2.45, 2.75) is 6.10 Å². The van der Waals surface area contributed by atoms with Gasteiger partial charge in [-0.2, -0.15) is 0 Å². The number of benzene rings is 1. The lowest BCUT2D eigenvalue weighted by atomic mass is 10.3. The van der Waals surface area contributed by atoms with Crippen LogP contribution in [-0.4, -0.2) is 24.8 Å². The quantitative estimate of drug-likeness (QED) is 0.793. The summed E-state index contributed by atoms with van der Waals surface area (Å²) in [6.45, 7) is 0.169. The lowest BCUT2D eigenvalue weighted by molar-refractivity contribution is 0.178. The molecule has 2 amide bonds. The molecular formula is C14H16N2O3S. The van der Waals surface area contributed by atoms with Crippen LogP contribution in [0.25, 0.3) is 0 Å². The zero-order valence-electron chi connectivity index (χ0n) is 11.0. The Labute approximate surface area is 121 Å². The van der Waals surface area contributed by atoms with Gasteiger partial charge < -0.3 is 20.5 Å². The molecule has 0 aliphatic rings. The van der Waals surface area contributed by atoms with E-state index >= 15 is 0 Å². The number of nitrogens with one attached hydrogen (secondary N) is 2. The van der Waals surface area contributed by atoms with E-state index in [2.05, 4.69) is 10.6 Å². The molecule has 0 spiro atoms. The van der Waals surface area contributed by atoms with Crippen molar-refractivity contribution in [2.75, 3.05) is 19.0 Å². The normalized spacial score (nSPS) is 11.7. The fraction of sp³-hybridized carbons (Fsp3) is 0.214. The number of carbonyl (C=O) groups excluding carboxylic acids is 1. The van der Waals surface area contributed by atoms with Crippen molar-refractivity contribution in [3.8, 4) is 5.75 Å². The topological polar surface area (TPSA) is 70.6 Å². The summed E-state index contributed by atoms with van der Waals surface area (Å²) >= 11 is 1.46. The molecule has 1 aromatic carbocycles. The zero-order valence-corrected chi connectivity index (χ0v) is 11.8. The first-order valence-electron chi connectivity index (χ1n) is 6.09. The summed E-state index contributed by atoms with van der Waals surface area (Å²) in [7, 11) is 1.58. The van der Waals surface area contributed by atoms with E-state index in [-0.39, 0.29) is 12.6 Å². The lowest BCUT2D eigenvalue weighted by Crippen LogP contribution is -2.32. The Balaban J connectivity index is 1.80. The Hall–Kier alpha value is -2.05. The van der Waals surface area contributed by atoms with Crippen LogP contribution in [0.15, 0.2) is 41.8 Å². The Kier molecular flexibility index (Phi) is 4.97. The molecule has 0 bridgehead atoms. The van der Waals surface area contributed by atoms with Crippen molar-refractivity contribution in [1.82, 2.24) is 5.32 Å². The monoisotopic (exact) mass is 292 g/mol. The number of rotatable bonds is 5. The molecular weight excluding hydrogens is 276 g/mol. The van der Waals surface area contributed by atoms with Gasteiger partial charge in [0.1, 0.15) is 11.9 Å². The third kappa shape index (κ3) is 3.97. The molecule has 2 aromatic rings. The maximum Gasteiger partial charge on any atom is 0.319 e. The lowest BCUT2D eigenvalue weighted by Gasteiger charge is -2.11. The average molecular weight is 292 g/mol. The first-order valence-corrected chi connectivity index (χ1v) is 6.97. The van der Waals surface area contributed by atoms with Crippen LogP contribution in [0.3, 0.4) is 0 Å². The van der Waals surface area contributed by atoms with E-state index in [0.29, 0.717) is 5.69 Å². The minimum absolute atomic E-state index is 0.169. The average Bonchev–Trinajstić information content (AvgIpc) is 3.00. The van der Waals surface area contributed by atoms with Crippen LogP contribution in [-0.2, 0) is 0 Å². The predicted octanol–water partition coefficient (Wildman–Crippen LogP) is 2.61. The molecule has 3 N–H and O–H groups in total. The molecule has 106 valence electrons. The number of amides is 2. The van der Waals surface area contributed by atoms with E-state index in [1.54, 1.807) is 31.4 Å². The first-order chi connectivity index (χ1) is 9.69. The van der Waals surface area contributed by atoms with E-state index in [9.17, 15) is 9.90 Å². The molecule has 5 nitrogen and oxygen atoms in total. The maximum absolute atomic E-state index is 11.7. The zero-order chi connectivity index (χ0) is 14.4. The van der Waals surface area contributed by atoms with Gasteiger partial charge in [0, 0.05) is 10.6 Å². The highest BCUT2D eigenvalue weighted by molar-refractivity contribution is 7.10. The van der Waals surface area contributed by atoms with Crippen molar-refractivity contribution in [3.05, 3.63) is 46.7 Å². The van der Waals surface area contributed by atoms with Gasteiger partial charge in [0.2, 0.25) is 0 Å². The number of hydrogen-bond acceptors (Lipinski definition) is 4. The molecule has 6 heteroatoms. The van der Waals surface area contributed by atoms with Crippen LogP contribution in [0.4, 0.5) is 10.5 Å². The van der Waals surface area contributed by atoms with Crippen LogP contribution in [0.1, 0.15) is 11.0 Å². The highest BCUT2D eigenvalue weighted by Crippen LogP contribution is 2.18. The van der Waals surface area contributed by atoms with E-state index in [1.807, 2.05) is 17.5 Å². The van der Waals surface area contributed by atoms with E-state index < -0.39 is 6.10 Å². The standard InChI is InChI=1S/C14H16N2O3S/c1-19-11-6-4-10(5-7-11)16-14(18)15-9-12(17)13-3-2-8-20-13/h2-8,12,17H,9H2,1H3,(H2,15,16,18). The molecule has 2 rings (SSSR count). The number of urea groups is 1. The fourth-order valence-corrected chi connectivity index (χ4v) is 2.33.